The number of aryl methyl sites for hydroxylation is 1. The SMILES string of the molecule is CCn1cc(-c2ncnc(Cl)c2OC)cn1. The molecule has 0 amide bonds. The van der Waals surface area contributed by atoms with Crippen LogP contribution >= 0.6 is 11.6 Å². The smallest absolute Gasteiger partial charge is 0.182 e. The van der Waals surface area contributed by atoms with E-state index < -0.39 is 0 Å². The molecule has 2 heterocycles. The summed E-state index contributed by atoms with van der Waals surface area (Å²) in [6.45, 7) is 2.82. The second-order valence-corrected chi connectivity index (χ2v) is 3.49. The van der Waals surface area contributed by atoms with Crippen molar-refractivity contribution in [3.8, 4) is 17.0 Å². The predicted molar refractivity (Wildman–Crippen MR) is 60.5 cm³/mol. The van der Waals surface area contributed by atoms with Crippen molar-refractivity contribution < 1.29 is 4.74 Å². The number of halogens is 1. The Hall–Kier alpha value is -1.62. The highest BCUT2D eigenvalue weighted by atomic mass is 35.5. The number of rotatable bonds is 3. The second-order valence-electron chi connectivity index (χ2n) is 3.13. The van der Waals surface area contributed by atoms with Gasteiger partial charge < -0.3 is 4.74 Å². The molecule has 0 aliphatic rings. The first-order valence-corrected chi connectivity index (χ1v) is 5.21. The van der Waals surface area contributed by atoms with Gasteiger partial charge in [-0.1, -0.05) is 11.6 Å². The molecule has 0 spiro atoms. The van der Waals surface area contributed by atoms with Gasteiger partial charge in [-0.15, -0.1) is 0 Å². The van der Waals surface area contributed by atoms with Gasteiger partial charge in [0.2, 0.25) is 0 Å². The first kappa shape index (κ1) is 10.9. The lowest BCUT2D eigenvalue weighted by atomic mass is 10.2. The first-order chi connectivity index (χ1) is 7.76. The Morgan fingerprint density at radius 3 is 2.88 bits per heavy atom. The molecule has 84 valence electrons. The van der Waals surface area contributed by atoms with E-state index in [9.17, 15) is 0 Å². The Labute approximate surface area is 98.0 Å². The summed E-state index contributed by atoms with van der Waals surface area (Å²) in [6, 6.07) is 0. The maximum Gasteiger partial charge on any atom is 0.182 e. The number of hydrogen-bond donors (Lipinski definition) is 0. The van der Waals surface area contributed by atoms with E-state index in [4.69, 9.17) is 16.3 Å². The normalized spacial score (nSPS) is 10.4. The minimum Gasteiger partial charge on any atom is -0.491 e. The van der Waals surface area contributed by atoms with Crippen LogP contribution in [0.1, 0.15) is 6.92 Å². The van der Waals surface area contributed by atoms with Gasteiger partial charge in [0.15, 0.2) is 10.9 Å². The molecule has 0 unspecified atom stereocenters. The quantitative estimate of drug-likeness (QED) is 0.768. The van der Waals surface area contributed by atoms with Gasteiger partial charge in [-0.05, 0) is 6.92 Å². The lowest BCUT2D eigenvalue weighted by Gasteiger charge is -2.05. The Morgan fingerprint density at radius 2 is 2.25 bits per heavy atom. The molecule has 0 N–H and O–H groups in total. The molecule has 0 aliphatic carbocycles. The summed E-state index contributed by atoms with van der Waals surface area (Å²) < 4.78 is 6.99. The number of ether oxygens (including phenoxy) is 1. The van der Waals surface area contributed by atoms with E-state index in [1.807, 2.05) is 17.8 Å². The van der Waals surface area contributed by atoms with E-state index in [2.05, 4.69) is 15.1 Å². The van der Waals surface area contributed by atoms with Gasteiger partial charge in [0.25, 0.3) is 0 Å². The average Bonchev–Trinajstić information content (AvgIpc) is 2.77. The van der Waals surface area contributed by atoms with E-state index in [-0.39, 0.29) is 0 Å². The van der Waals surface area contributed by atoms with Crippen molar-refractivity contribution in [1.29, 1.82) is 0 Å². The molecule has 2 aromatic heterocycles. The molecule has 0 saturated heterocycles. The van der Waals surface area contributed by atoms with Crippen LogP contribution in [0.4, 0.5) is 0 Å². The Bertz CT molecular complexity index is 497. The summed E-state index contributed by atoms with van der Waals surface area (Å²) in [5.41, 5.74) is 1.52. The van der Waals surface area contributed by atoms with Gasteiger partial charge in [-0.2, -0.15) is 5.10 Å². The predicted octanol–water partition coefficient (Wildman–Crippen LogP) is 2.02. The molecule has 0 bridgehead atoms. The third-order valence-electron chi connectivity index (χ3n) is 2.20. The van der Waals surface area contributed by atoms with Crippen LogP contribution in [-0.2, 0) is 6.54 Å². The lowest BCUT2D eigenvalue weighted by molar-refractivity contribution is 0.413. The minimum absolute atomic E-state index is 0.303. The Balaban J connectivity index is 2.50. The summed E-state index contributed by atoms with van der Waals surface area (Å²) >= 11 is 5.92. The highest BCUT2D eigenvalue weighted by Gasteiger charge is 2.13. The van der Waals surface area contributed by atoms with Gasteiger partial charge in [0, 0.05) is 18.3 Å². The zero-order chi connectivity index (χ0) is 11.5. The third-order valence-corrected chi connectivity index (χ3v) is 2.46. The number of methoxy groups -OCH3 is 1. The fraction of sp³-hybridized carbons (Fsp3) is 0.300. The second kappa shape index (κ2) is 4.49. The largest absolute Gasteiger partial charge is 0.491 e. The molecule has 5 nitrogen and oxygen atoms in total. The van der Waals surface area contributed by atoms with Crippen molar-refractivity contribution in [2.75, 3.05) is 7.11 Å². The van der Waals surface area contributed by atoms with Crippen LogP contribution in [0.25, 0.3) is 11.3 Å². The zero-order valence-electron chi connectivity index (χ0n) is 9.01. The van der Waals surface area contributed by atoms with Crippen LogP contribution in [0.2, 0.25) is 5.15 Å². The van der Waals surface area contributed by atoms with Crippen LogP contribution < -0.4 is 4.74 Å². The molecule has 0 saturated carbocycles. The van der Waals surface area contributed by atoms with E-state index >= 15 is 0 Å². The van der Waals surface area contributed by atoms with Gasteiger partial charge in [0.05, 0.1) is 13.3 Å². The van der Waals surface area contributed by atoms with Gasteiger partial charge in [0.1, 0.15) is 12.0 Å². The van der Waals surface area contributed by atoms with E-state index in [0.717, 1.165) is 12.1 Å². The standard InChI is InChI=1S/C10H11ClN4O/c1-3-15-5-7(4-14-15)8-9(16-2)10(11)13-6-12-8/h4-6H,3H2,1-2H3. The Kier molecular flexibility index (Phi) is 3.05. The summed E-state index contributed by atoms with van der Waals surface area (Å²) in [6.07, 6.45) is 5.02. The fourth-order valence-electron chi connectivity index (χ4n) is 1.40. The molecular weight excluding hydrogens is 228 g/mol. The van der Waals surface area contributed by atoms with Gasteiger partial charge in [-0.3, -0.25) is 4.68 Å². The van der Waals surface area contributed by atoms with E-state index in [1.54, 1.807) is 6.20 Å². The first-order valence-electron chi connectivity index (χ1n) is 4.83. The highest BCUT2D eigenvalue weighted by Crippen LogP contribution is 2.31. The Morgan fingerprint density at radius 1 is 1.44 bits per heavy atom. The number of hydrogen-bond acceptors (Lipinski definition) is 4. The summed E-state index contributed by atoms with van der Waals surface area (Å²) in [5.74, 6) is 0.472. The maximum atomic E-state index is 5.92. The monoisotopic (exact) mass is 238 g/mol. The molecule has 2 rings (SSSR count). The molecule has 0 radical (unpaired) electrons. The molecule has 0 atom stereocenters. The van der Waals surface area contributed by atoms with Crippen molar-refractivity contribution in [3.05, 3.63) is 23.9 Å². The highest BCUT2D eigenvalue weighted by molar-refractivity contribution is 6.31. The molecule has 2 aromatic rings. The average molecular weight is 239 g/mol. The van der Waals surface area contributed by atoms with Crippen LogP contribution in [0.15, 0.2) is 18.7 Å². The molecular formula is C10H11ClN4O. The van der Waals surface area contributed by atoms with Crippen molar-refractivity contribution in [2.45, 2.75) is 13.5 Å². The summed E-state index contributed by atoms with van der Waals surface area (Å²) in [7, 11) is 1.54. The maximum absolute atomic E-state index is 5.92. The zero-order valence-corrected chi connectivity index (χ0v) is 9.77. The topological polar surface area (TPSA) is 52.8 Å². The van der Waals surface area contributed by atoms with Crippen LogP contribution in [0.3, 0.4) is 0 Å². The third kappa shape index (κ3) is 1.86. The van der Waals surface area contributed by atoms with Crippen molar-refractivity contribution >= 4 is 11.6 Å². The summed E-state index contributed by atoms with van der Waals surface area (Å²) in [4.78, 5) is 8.02. The van der Waals surface area contributed by atoms with Crippen molar-refractivity contribution in [2.24, 2.45) is 0 Å². The minimum atomic E-state index is 0.303. The summed E-state index contributed by atoms with van der Waals surface area (Å²) in [5, 5.41) is 4.48. The lowest BCUT2D eigenvalue weighted by Crippen LogP contribution is -1.94. The van der Waals surface area contributed by atoms with Crippen LogP contribution in [0.5, 0.6) is 5.75 Å². The number of aromatic nitrogens is 4. The van der Waals surface area contributed by atoms with Crippen LogP contribution in [0, 0.1) is 0 Å². The van der Waals surface area contributed by atoms with Gasteiger partial charge >= 0.3 is 0 Å². The fourth-order valence-corrected chi connectivity index (χ4v) is 1.61. The van der Waals surface area contributed by atoms with Crippen molar-refractivity contribution in [1.82, 2.24) is 19.7 Å². The van der Waals surface area contributed by atoms with Gasteiger partial charge in [-0.25, -0.2) is 9.97 Å². The number of nitrogens with zero attached hydrogens (tertiary/aromatic N) is 4. The van der Waals surface area contributed by atoms with Crippen LogP contribution in [-0.4, -0.2) is 26.9 Å². The van der Waals surface area contributed by atoms with E-state index in [1.165, 1.54) is 13.4 Å². The van der Waals surface area contributed by atoms with E-state index in [0.29, 0.717) is 16.6 Å². The molecule has 0 aromatic carbocycles. The molecule has 6 heteroatoms. The molecule has 0 aliphatic heterocycles. The molecule has 0 fully saturated rings. The molecule has 16 heavy (non-hydrogen) atoms. The van der Waals surface area contributed by atoms with Crippen molar-refractivity contribution in [3.63, 3.8) is 0 Å².